The fourth-order valence-electron chi connectivity index (χ4n) is 3.19. The molecule has 2 atom stereocenters. The van der Waals surface area contributed by atoms with Crippen molar-refractivity contribution in [3.05, 3.63) is 29.3 Å². The first-order chi connectivity index (χ1) is 9.56. The normalized spacial score (nSPS) is 22.5. The Bertz CT molecular complexity index is 470. The zero-order valence-corrected chi connectivity index (χ0v) is 12.6. The Morgan fingerprint density at radius 2 is 2.20 bits per heavy atom. The molecule has 1 fully saturated rings. The highest BCUT2D eigenvalue weighted by molar-refractivity contribution is 5.96. The van der Waals surface area contributed by atoms with E-state index in [2.05, 4.69) is 12.2 Å². The summed E-state index contributed by atoms with van der Waals surface area (Å²) in [6, 6.07) is 5.48. The van der Waals surface area contributed by atoms with E-state index < -0.39 is 0 Å². The van der Waals surface area contributed by atoms with E-state index in [9.17, 15) is 4.79 Å². The van der Waals surface area contributed by atoms with Gasteiger partial charge < -0.3 is 11.1 Å². The molecule has 2 unspecified atom stereocenters. The summed E-state index contributed by atoms with van der Waals surface area (Å²) in [5.74, 6) is 1.63. The van der Waals surface area contributed by atoms with Crippen molar-refractivity contribution in [1.82, 2.24) is 5.32 Å². The summed E-state index contributed by atoms with van der Waals surface area (Å²) >= 11 is 0. The molecule has 0 spiro atoms. The van der Waals surface area contributed by atoms with Crippen LogP contribution in [0.4, 0.5) is 5.69 Å². The van der Waals surface area contributed by atoms with Crippen LogP contribution in [0.15, 0.2) is 18.2 Å². The van der Waals surface area contributed by atoms with Crippen LogP contribution in [0, 0.1) is 18.8 Å². The molecular formula is C17H26N2O. The lowest BCUT2D eigenvalue weighted by Crippen LogP contribution is -2.27. The van der Waals surface area contributed by atoms with Crippen molar-refractivity contribution in [2.45, 2.75) is 46.0 Å². The molecular weight excluding hydrogens is 248 g/mol. The first-order valence-corrected chi connectivity index (χ1v) is 7.70. The number of hydrogen-bond donors (Lipinski definition) is 2. The van der Waals surface area contributed by atoms with E-state index in [-0.39, 0.29) is 5.91 Å². The van der Waals surface area contributed by atoms with E-state index in [1.54, 1.807) is 6.07 Å². The van der Waals surface area contributed by atoms with Crippen LogP contribution in [-0.4, -0.2) is 12.5 Å². The van der Waals surface area contributed by atoms with Gasteiger partial charge in [0.1, 0.15) is 0 Å². The summed E-state index contributed by atoms with van der Waals surface area (Å²) in [7, 11) is 0. The van der Waals surface area contributed by atoms with Crippen LogP contribution in [0.5, 0.6) is 0 Å². The van der Waals surface area contributed by atoms with Gasteiger partial charge in [-0.2, -0.15) is 0 Å². The first-order valence-electron chi connectivity index (χ1n) is 7.70. The van der Waals surface area contributed by atoms with Crippen molar-refractivity contribution in [2.75, 3.05) is 12.3 Å². The highest BCUT2D eigenvalue weighted by atomic mass is 16.1. The topological polar surface area (TPSA) is 55.1 Å². The molecule has 0 bridgehead atoms. The molecule has 3 heteroatoms. The number of nitrogen functional groups attached to an aromatic ring is 1. The fraction of sp³-hybridized carbons (Fsp3) is 0.588. The molecule has 0 saturated heterocycles. The molecule has 20 heavy (non-hydrogen) atoms. The number of rotatable bonds is 4. The number of hydrogen-bond acceptors (Lipinski definition) is 2. The molecule has 3 nitrogen and oxygen atoms in total. The maximum Gasteiger partial charge on any atom is 0.251 e. The predicted molar refractivity (Wildman–Crippen MR) is 83.7 cm³/mol. The van der Waals surface area contributed by atoms with Crippen LogP contribution < -0.4 is 11.1 Å². The standard InChI is InChI=1S/C17H26N2O/c1-12-4-3-5-14(10-12)8-9-19-17(20)16-11-15(18)7-6-13(16)2/h6-7,11-12,14H,3-5,8-10,18H2,1-2H3,(H,19,20). The van der Waals surface area contributed by atoms with Crippen LogP contribution in [0.1, 0.15) is 54.9 Å². The van der Waals surface area contributed by atoms with Gasteiger partial charge in [-0.25, -0.2) is 0 Å². The van der Waals surface area contributed by atoms with E-state index in [0.717, 1.165) is 30.4 Å². The number of carbonyl (C=O) groups excluding carboxylic acids is 1. The second kappa shape index (κ2) is 6.78. The van der Waals surface area contributed by atoms with Crippen molar-refractivity contribution in [3.8, 4) is 0 Å². The largest absolute Gasteiger partial charge is 0.399 e. The maximum absolute atomic E-state index is 12.2. The third-order valence-corrected chi connectivity index (χ3v) is 4.39. The molecule has 1 aliphatic rings. The molecule has 1 aliphatic carbocycles. The smallest absolute Gasteiger partial charge is 0.251 e. The van der Waals surface area contributed by atoms with Gasteiger partial charge in [-0.3, -0.25) is 4.79 Å². The zero-order chi connectivity index (χ0) is 14.5. The molecule has 0 radical (unpaired) electrons. The van der Waals surface area contributed by atoms with Gasteiger partial charge in [-0.05, 0) is 49.3 Å². The minimum Gasteiger partial charge on any atom is -0.399 e. The van der Waals surface area contributed by atoms with Crippen molar-refractivity contribution < 1.29 is 4.79 Å². The van der Waals surface area contributed by atoms with Crippen LogP contribution in [0.2, 0.25) is 0 Å². The molecule has 1 saturated carbocycles. The Labute approximate surface area is 121 Å². The summed E-state index contributed by atoms with van der Waals surface area (Å²) in [6.07, 6.45) is 6.43. The van der Waals surface area contributed by atoms with E-state index >= 15 is 0 Å². The SMILES string of the molecule is Cc1ccc(N)cc1C(=O)NCCC1CCCC(C)C1. The molecule has 0 aromatic heterocycles. The molecule has 1 amide bonds. The summed E-state index contributed by atoms with van der Waals surface area (Å²) < 4.78 is 0. The Morgan fingerprint density at radius 3 is 2.95 bits per heavy atom. The minimum atomic E-state index is -0.00124. The molecule has 1 aromatic carbocycles. The van der Waals surface area contributed by atoms with Gasteiger partial charge in [0.05, 0.1) is 0 Å². The average Bonchev–Trinajstić information content (AvgIpc) is 2.41. The molecule has 2 rings (SSSR count). The van der Waals surface area contributed by atoms with E-state index in [0.29, 0.717) is 11.3 Å². The quantitative estimate of drug-likeness (QED) is 0.825. The Balaban J connectivity index is 1.81. The van der Waals surface area contributed by atoms with Gasteiger partial charge >= 0.3 is 0 Å². The Hall–Kier alpha value is -1.51. The van der Waals surface area contributed by atoms with E-state index in [1.807, 2.05) is 19.1 Å². The summed E-state index contributed by atoms with van der Waals surface area (Å²) in [5, 5.41) is 3.03. The Kier molecular flexibility index (Phi) is 5.05. The van der Waals surface area contributed by atoms with Crippen LogP contribution in [0.3, 0.4) is 0 Å². The lowest BCUT2D eigenvalue weighted by Gasteiger charge is -2.26. The maximum atomic E-state index is 12.2. The van der Waals surface area contributed by atoms with Crippen LogP contribution in [-0.2, 0) is 0 Å². The second-order valence-corrected chi connectivity index (χ2v) is 6.26. The zero-order valence-electron chi connectivity index (χ0n) is 12.6. The van der Waals surface area contributed by atoms with Gasteiger partial charge in [-0.15, -0.1) is 0 Å². The summed E-state index contributed by atoms with van der Waals surface area (Å²) in [5.41, 5.74) is 8.06. The minimum absolute atomic E-state index is 0.00124. The van der Waals surface area contributed by atoms with Gasteiger partial charge in [0.25, 0.3) is 5.91 Å². The number of nitrogens with two attached hydrogens (primary N) is 1. The van der Waals surface area contributed by atoms with Crippen LogP contribution >= 0.6 is 0 Å². The lowest BCUT2D eigenvalue weighted by atomic mass is 9.81. The second-order valence-electron chi connectivity index (χ2n) is 6.26. The molecule has 0 heterocycles. The molecule has 0 aliphatic heterocycles. The fourth-order valence-corrected chi connectivity index (χ4v) is 3.19. The third-order valence-electron chi connectivity index (χ3n) is 4.39. The van der Waals surface area contributed by atoms with Crippen molar-refractivity contribution in [1.29, 1.82) is 0 Å². The van der Waals surface area contributed by atoms with Gasteiger partial charge in [-0.1, -0.05) is 32.3 Å². The first kappa shape index (κ1) is 14.9. The van der Waals surface area contributed by atoms with Gasteiger partial charge in [0.15, 0.2) is 0 Å². The molecule has 3 N–H and O–H groups in total. The number of anilines is 1. The van der Waals surface area contributed by atoms with Gasteiger partial charge in [0.2, 0.25) is 0 Å². The predicted octanol–water partition coefficient (Wildman–Crippen LogP) is 3.52. The number of carbonyl (C=O) groups is 1. The number of amides is 1. The van der Waals surface area contributed by atoms with Crippen molar-refractivity contribution in [2.24, 2.45) is 11.8 Å². The lowest BCUT2D eigenvalue weighted by molar-refractivity contribution is 0.0949. The van der Waals surface area contributed by atoms with Crippen LogP contribution in [0.25, 0.3) is 0 Å². The van der Waals surface area contributed by atoms with E-state index in [1.165, 1.54) is 25.7 Å². The van der Waals surface area contributed by atoms with E-state index in [4.69, 9.17) is 5.73 Å². The monoisotopic (exact) mass is 274 g/mol. The average molecular weight is 274 g/mol. The number of benzene rings is 1. The molecule has 110 valence electrons. The summed E-state index contributed by atoms with van der Waals surface area (Å²) in [4.78, 5) is 12.2. The number of nitrogens with one attached hydrogen (secondary N) is 1. The van der Waals surface area contributed by atoms with Gasteiger partial charge in [0, 0.05) is 17.8 Å². The molecule has 1 aromatic rings. The summed E-state index contributed by atoms with van der Waals surface area (Å²) in [6.45, 7) is 5.04. The number of aryl methyl sites for hydroxylation is 1. The highest BCUT2D eigenvalue weighted by Crippen LogP contribution is 2.30. The van der Waals surface area contributed by atoms with Crippen molar-refractivity contribution in [3.63, 3.8) is 0 Å². The third kappa shape index (κ3) is 3.99. The van der Waals surface area contributed by atoms with Crippen molar-refractivity contribution >= 4 is 11.6 Å². The Morgan fingerprint density at radius 1 is 1.40 bits per heavy atom. The highest BCUT2D eigenvalue weighted by Gasteiger charge is 2.18.